The van der Waals surface area contributed by atoms with Crippen LogP contribution in [-0.4, -0.2) is 20.1 Å². The fourth-order valence-electron chi connectivity index (χ4n) is 4.60. The predicted octanol–water partition coefficient (Wildman–Crippen LogP) is 6.69. The zero-order chi connectivity index (χ0) is 27.2. The average Bonchev–Trinajstić information content (AvgIpc) is 2.99. The summed E-state index contributed by atoms with van der Waals surface area (Å²) in [5, 5.41) is 6.69. The quantitative estimate of drug-likeness (QED) is 0.227. The molecule has 1 amide bonds. The molecular weight excluding hydrogens is 501 g/mol. The highest BCUT2D eigenvalue weighted by Crippen LogP contribution is 2.41. The highest BCUT2D eigenvalue weighted by Gasteiger charge is 2.24. The number of methoxy groups -OCH3 is 2. The highest BCUT2D eigenvalue weighted by molar-refractivity contribution is 7.80. The number of ether oxygens (including phenoxy) is 2. The average molecular weight is 532 g/mol. The van der Waals surface area contributed by atoms with Crippen LogP contribution in [0, 0.1) is 6.92 Å². The van der Waals surface area contributed by atoms with Gasteiger partial charge in [-0.1, -0.05) is 103 Å². The molecule has 0 fully saturated rings. The first-order chi connectivity index (χ1) is 19.1. The van der Waals surface area contributed by atoms with Crippen LogP contribution in [0.3, 0.4) is 0 Å². The fraction of sp³-hybridized carbons (Fsp3) is 0.0882. The van der Waals surface area contributed by atoms with Crippen molar-refractivity contribution in [3.8, 4) is 22.6 Å². The maximum Gasteiger partial charge on any atom is 0.256 e. The summed E-state index contributed by atoms with van der Waals surface area (Å²) in [6.07, 6.45) is 0. The minimum Gasteiger partial charge on any atom is -0.493 e. The number of hydrogen-bond acceptors (Lipinski definition) is 3. The van der Waals surface area contributed by atoms with Crippen molar-refractivity contribution in [1.82, 2.24) is 0 Å². The van der Waals surface area contributed by atoms with E-state index in [1.807, 2.05) is 55.5 Å². The molecule has 0 unspecified atom stereocenters. The lowest BCUT2D eigenvalue weighted by atomic mass is 9.98. The molecule has 39 heavy (non-hydrogen) atoms. The smallest absolute Gasteiger partial charge is 0.256 e. The van der Waals surface area contributed by atoms with Gasteiger partial charge in [0, 0.05) is 5.69 Å². The second kappa shape index (κ2) is 12.0. The normalized spacial score (nSPS) is 10.8. The number of nitrogens with one attached hydrogen (secondary N) is 1. The molecule has 0 aliphatic carbocycles. The summed E-state index contributed by atoms with van der Waals surface area (Å²) in [5.41, 5.74) is 4.13. The molecule has 0 bridgehead atoms. The third-order valence-corrected chi connectivity index (χ3v) is 9.04. The number of carbonyl (C=O) groups is 1. The molecule has 194 valence electrons. The van der Waals surface area contributed by atoms with Gasteiger partial charge >= 0.3 is 0 Å². The monoisotopic (exact) mass is 531 g/mol. The van der Waals surface area contributed by atoms with Gasteiger partial charge in [0.05, 0.1) is 19.8 Å². The highest BCUT2D eigenvalue weighted by atomic mass is 31.1. The summed E-state index contributed by atoms with van der Waals surface area (Å²) in [6, 6.07) is 40.9. The van der Waals surface area contributed by atoms with E-state index in [1.165, 1.54) is 10.6 Å². The van der Waals surface area contributed by atoms with Crippen molar-refractivity contribution in [1.29, 1.82) is 0 Å². The summed E-state index contributed by atoms with van der Waals surface area (Å²) >= 11 is 0. The number of carbonyl (C=O) groups excluding carboxylic acids is 1. The molecule has 5 rings (SSSR count). The number of hydrogen-bond donors (Lipinski definition) is 1. The molecule has 0 spiro atoms. The van der Waals surface area contributed by atoms with Crippen molar-refractivity contribution < 1.29 is 14.3 Å². The Hall–Kier alpha value is -4.40. The van der Waals surface area contributed by atoms with Gasteiger partial charge in [-0.15, -0.1) is 0 Å². The lowest BCUT2D eigenvalue weighted by Gasteiger charge is -2.24. The molecule has 0 heterocycles. The first kappa shape index (κ1) is 26.2. The van der Waals surface area contributed by atoms with Gasteiger partial charge in [-0.25, -0.2) is 0 Å². The molecule has 4 nitrogen and oxygen atoms in total. The molecule has 0 aromatic heterocycles. The SMILES string of the molecule is COc1cc(C(=O)Nc2ccc(C)cc2)c(-c2ccccc2P(c2ccccc2)c2ccccc2)cc1OC. The number of anilines is 1. The van der Waals surface area contributed by atoms with Crippen LogP contribution in [-0.2, 0) is 0 Å². The van der Waals surface area contributed by atoms with Gasteiger partial charge in [-0.2, -0.15) is 0 Å². The largest absolute Gasteiger partial charge is 0.493 e. The third-order valence-electron chi connectivity index (χ3n) is 6.54. The second-order valence-electron chi connectivity index (χ2n) is 9.10. The van der Waals surface area contributed by atoms with Crippen LogP contribution < -0.4 is 30.7 Å². The number of benzene rings is 5. The zero-order valence-corrected chi connectivity index (χ0v) is 23.1. The van der Waals surface area contributed by atoms with Gasteiger partial charge < -0.3 is 14.8 Å². The van der Waals surface area contributed by atoms with E-state index in [-0.39, 0.29) is 5.91 Å². The minimum atomic E-state index is -0.903. The molecule has 0 saturated carbocycles. The molecule has 5 aromatic carbocycles. The van der Waals surface area contributed by atoms with Crippen molar-refractivity contribution in [2.75, 3.05) is 19.5 Å². The van der Waals surface area contributed by atoms with E-state index < -0.39 is 7.92 Å². The Morgan fingerprint density at radius 2 is 1.18 bits per heavy atom. The molecule has 5 heteroatoms. The Balaban J connectivity index is 1.70. The molecule has 1 N–H and O–H groups in total. The van der Waals surface area contributed by atoms with E-state index >= 15 is 0 Å². The summed E-state index contributed by atoms with van der Waals surface area (Å²) in [4.78, 5) is 13.8. The molecular formula is C34H30NO3P. The maximum atomic E-state index is 13.8. The van der Waals surface area contributed by atoms with Crippen LogP contribution in [0.2, 0.25) is 0 Å². The Morgan fingerprint density at radius 3 is 1.77 bits per heavy atom. The Bertz CT molecular complexity index is 1530. The fourth-order valence-corrected chi connectivity index (χ4v) is 7.07. The van der Waals surface area contributed by atoms with Crippen molar-refractivity contribution in [2.24, 2.45) is 0 Å². The van der Waals surface area contributed by atoms with Crippen molar-refractivity contribution in [3.05, 3.63) is 132 Å². The van der Waals surface area contributed by atoms with E-state index in [0.29, 0.717) is 17.1 Å². The van der Waals surface area contributed by atoms with Crippen molar-refractivity contribution >= 4 is 35.4 Å². The van der Waals surface area contributed by atoms with Gasteiger partial charge in [0.2, 0.25) is 0 Å². The molecule has 5 aromatic rings. The third kappa shape index (κ3) is 5.72. The van der Waals surface area contributed by atoms with Crippen LogP contribution in [0.4, 0.5) is 5.69 Å². The topological polar surface area (TPSA) is 47.6 Å². The van der Waals surface area contributed by atoms with Crippen molar-refractivity contribution in [2.45, 2.75) is 6.92 Å². The molecule has 0 aliphatic rings. The van der Waals surface area contributed by atoms with Crippen molar-refractivity contribution in [3.63, 3.8) is 0 Å². The zero-order valence-electron chi connectivity index (χ0n) is 22.2. The summed E-state index contributed by atoms with van der Waals surface area (Å²) in [5.74, 6) is 0.854. The molecule has 0 radical (unpaired) electrons. The Kier molecular flexibility index (Phi) is 8.05. The predicted molar refractivity (Wildman–Crippen MR) is 163 cm³/mol. The number of rotatable bonds is 8. The van der Waals surface area contributed by atoms with Gasteiger partial charge in [0.15, 0.2) is 11.5 Å². The van der Waals surface area contributed by atoms with Gasteiger partial charge in [-0.05, 0) is 66.2 Å². The lowest BCUT2D eigenvalue weighted by Crippen LogP contribution is -2.23. The Labute approximate surface area is 231 Å². The summed E-state index contributed by atoms with van der Waals surface area (Å²) in [6.45, 7) is 2.02. The van der Waals surface area contributed by atoms with Crippen LogP contribution in [0.1, 0.15) is 15.9 Å². The number of amides is 1. The molecule has 0 saturated heterocycles. The lowest BCUT2D eigenvalue weighted by molar-refractivity contribution is 0.102. The molecule has 0 aliphatic heterocycles. The van der Waals surface area contributed by atoms with E-state index in [9.17, 15) is 4.79 Å². The summed E-state index contributed by atoms with van der Waals surface area (Å²) < 4.78 is 11.3. The van der Waals surface area contributed by atoms with E-state index in [0.717, 1.165) is 27.7 Å². The summed E-state index contributed by atoms with van der Waals surface area (Å²) in [7, 11) is 2.29. The van der Waals surface area contributed by atoms with Gasteiger partial charge in [0.25, 0.3) is 5.91 Å². The van der Waals surface area contributed by atoms with E-state index in [2.05, 4.69) is 72.0 Å². The first-order valence-corrected chi connectivity index (χ1v) is 14.1. The van der Waals surface area contributed by atoms with Gasteiger partial charge in [-0.3, -0.25) is 4.79 Å². The second-order valence-corrected chi connectivity index (χ2v) is 11.3. The standard InChI is InChI=1S/C34H30NO3P/c1-24-18-20-25(21-19-24)35-34(36)30-23-32(38-3)31(37-2)22-29(30)28-16-10-11-17-33(28)39(26-12-6-4-7-13-26)27-14-8-5-9-15-27/h4-23H,1-3H3,(H,35,36). The van der Waals surface area contributed by atoms with E-state index in [4.69, 9.17) is 9.47 Å². The number of aryl methyl sites for hydroxylation is 1. The van der Waals surface area contributed by atoms with E-state index in [1.54, 1.807) is 20.3 Å². The van der Waals surface area contributed by atoms with Gasteiger partial charge in [0.1, 0.15) is 0 Å². The minimum absolute atomic E-state index is 0.214. The van der Waals surface area contributed by atoms with Crippen LogP contribution >= 0.6 is 7.92 Å². The first-order valence-electron chi connectivity index (χ1n) is 12.7. The Morgan fingerprint density at radius 1 is 0.641 bits per heavy atom. The van der Waals surface area contributed by atoms with Crippen LogP contribution in [0.5, 0.6) is 11.5 Å². The molecule has 0 atom stereocenters. The van der Waals surface area contributed by atoms with Crippen LogP contribution in [0.25, 0.3) is 11.1 Å². The van der Waals surface area contributed by atoms with Crippen LogP contribution in [0.15, 0.2) is 121 Å². The maximum absolute atomic E-state index is 13.8.